The molecular weight excluding hydrogens is 339 g/mol. The van der Waals surface area contributed by atoms with E-state index in [2.05, 4.69) is 44.1 Å². The number of nitrogens with zero attached hydrogens (tertiary/aromatic N) is 1. The summed E-state index contributed by atoms with van der Waals surface area (Å²) in [5.74, 6) is -0.0432. The summed E-state index contributed by atoms with van der Waals surface area (Å²) in [6, 6.07) is 6.15. The van der Waals surface area contributed by atoms with Crippen LogP contribution >= 0.6 is 0 Å². The average molecular weight is 368 g/mol. The topological polar surface area (TPSA) is 42.0 Å². The average Bonchev–Trinajstić information content (AvgIpc) is 2.58. The number of nitrogens with one attached hydrogen (secondary N) is 1. The van der Waals surface area contributed by atoms with Crippen LogP contribution in [0, 0.1) is 11.7 Å². The molecule has 0 saturated heterocycles. The molecule has 0 spiro atoms. The number of carbonyl (C=O) groups excluding carboxylic acids is 1. The highest BCUT2D eigenvalue weighted by molar-refractivity contribution is 5.97. The van der Waals surface area contributed by atoms with Gasteiger partial charge in [-0.15, -0.1) is 0 Å². The lowest BCUT2D eigenvalue weighted by Crippen LogP contribution is -2.47. The molecule has 0 aliphatic rings. The fourth-order valence-electron chi connectivity index (χ4n) is 3.57. The number of fused-ring (bicyclic) bond motifs is 1. The number of rotatable bonds is 7. The van der Waals surface area contributed by atoms with E-state index in [1.54, 1.807) is 12.1 Å². The lowest BCUT2D eigenvalue weighted by Gasteiger charge is -2.33. The van der Waals surface area contributed by atoms with Crippen LogP contribution in [0.1, 0.15) is 57.8 Å². The van der Waals surface area contributed by atoms with E-state index in [1.807, 2.05) is 19.1 Å². The molecule has 0 fully saturated rings. The van der Waals surface area contributed by atoms with Gasteiger partial charge in [0.05, 0.1) is 11.1 Å². The predicted molar refractivity (Wildman–Crippen MR) is 110 cm³/mol. The molecule has 2 rings (SSSR count). The summed E-state index contributed by atoms with van der Waals surface area (Å²) in [4.78, 5) is 17.1. The standard InChI is InChI=1S/C23H29FN2O/c1-6-7-8-17(4)14-23(5,13-16(2)3)26-22(27)19-11-18-9-10-20(24)12-21(18)25-15-19/h6-12,15-16H,13-14H2,1-5H3,(H,26,27)/b7-6-,17-8+. The Labute approximate surface area is 161 Å². The van der Waals surface area contributed by atoms with E-state index in [4.69, 9.17) is 0 Å². The molecule has 0 radical (unpaired) electrons. The first kappa shape index (κ1) is 20.8. The number of halogens is 1. The number of benzene rings is 1. The smallest absolute Gasteiger partial charge is 0.253 e. The number of hydrogen-bond donors (Lipinski definition) is 1. The minimum Gasteiger partial charge on any atom is -0.347 e. The number of pyridine rings is 1. The number of carbonyl (C=O) groups is 1. The van der Waals surface area contributed by atoms with Gasteiger partial charge in [0.15, 0.2) is 0 Å². The van der Waals surface area contributed by atoms with Crippen LogP contribution in [-0.2, 0) is 0 Å². The van der Waals surface area contributed by atoms with Gasteiger partial charge in [-0.05, 0) is 57.7 Å². The highest BCUT2D eigenvalue weighted by atomic mass is 19.1. The second-order valence-corrected chi connectivity index (χ2v) is 7.89. The third-order valence-corrected chi connectivity index (χ3v) is 4.42. The summed E-state index contributed by atoms with van der Waals surface area (Å²) in [7, 11) is 0. The highest BCUT2D eigenvalue weighted by Crippen LogP contribution is 2.25. The Bertz CT molecular complexity index is 870. The van der Waals surface area contributed by atoms with E-state index in [0.717, 1.165) is 18.2 Å². The zero-order chi connectivity index (χ0) is 20.0. The van der Waals surface area contributed by atoms with Gasteiger partial charge in [0.1, 0.15) is 5.82 Å². The first-order valence-corrected chi connectivity index (χ1v) is 9.39. The maximum atomic E-state index is 13.3. The van der Waals surface area contributed by atoms with E-state index in [-0.39, 0.29) is 17.3 Å². The van der Waals surface area contributed by atoms with Crippen LogP contribution in [0.25, 0.3) is 10.9 Å². The van der Waals surface area contributed by atoms with Crippen molar-refractivity contribution in [2.75, 3.05) is 0 Å². The molecule has 144 valence electrons. The number of hydrogen-bond acceptors (Lipinski definition) is 2. The maximum absolute atomic E-state index is 13.3. The second kappa shape index (κ2) is 8.94. The molecule has 27 heavy (non-hydrogen) atoms. The van der Waals surface area contributed by atoms with Gasteiger partial charge < -0.3 is 5.32 Å². The van der Waals surface area contributed by atoms with Crippen LogP contribution in [0.5, 0.6) is 0 Å². The Hall–Kier alpha value is -2.49. The molecule has 4 heteroatoms. The number of allylic oxidation sites excluding steroid dienone is 3. The molecule has 0 aliphatic heterocycles. The molecule has 0 bridgehead atoms. The van der Waals surface area contributed by atoms with Crippen LogP contribution < -0.4 is 5.32 Å². The molecule has 1 atom stereocenters. The van der Waals surface area contributed by atoms with Gasteiger partial charge in [-0.1, -0.05) is 37.6 Å². The third-order valence-electron chi connectivity index (χ3n) is 4.42. The molecule has 1 aromatic carbocycles. The molecule has 1 amide bonds. The fraction of sp³-hybridized carbons (Fsp3) is 0.391. The van der Waals surface area contributed by atoms with Crippen molar-refractivity contribution in [3.63, 3.8) is 0 Å². The van der Waals surface area contributed by atoms with Crippen LogP contribution in [0.3, 0.4) is 0 Å². The van der Waals surface area contributed by atoms with Crippen molar-refractivity contribution in [1.29, 1.82) is 0 Å². The largest absolute Gasteiger partial charge is 0.347 e. The van der Waals surface area contributed by atoms with Gasteiger partial charge in [-0.3, -0.25) is 9.78 Å². The van der Waals surface area contributed by atoms with Crippen molar-refractivity contribution in [2.45, 2.75) is 53.0 Å². The lowest BCUT2D eigenvalue weighted by molar-refractivity contribution is 0.0894. The molecule has 1 N–H and O–H groups in total. The zero-order valence-electron chi connectivity index (χ0n) is 16.8. The van der Waals surface area contributed by atoms with Gasteiger partial charge in [0, 0.05) is 23.2 Å². The Balaban J connectivity index is 2.25. The predicted octanol–water partition coefficient (Wildman–Crippen LogP) is 5.82. The van der Waals surface area contributed by atoms with Gasteiger partial charge >= 0.3 is 0 Å². The number of aromatic nitrogens is 1. The van der Waals surface area contributed by atoms with Crippen molar-refractivity contribution in [2.24, 2.45) is 5.92 Å². The van der Waals surface area contributed by atoms with Crippen molar-refractivity contribution >= 4 is 16.8 Å². The van der Waals surface area contributed by atoms with Gasteiger partial charge in [-0.25, -0.2) is 4.39 Å². The second-order valence-electron chi connectivity index (χ2n) is 7.89. The summed E-state index contributed by atoms with van der Waals surface area (Å²) in [5, 5.41) is 3.96. The third kappa shape index (κ3) is 6.02. The van der Waals surface area contributed by atoms with Crippen LogP contribution in [-0.4, -0.2) is 16.4 Å². The molecule has 1 heterocycles. The van der Waals surface area contributed by atoms with Crippen molar-refractivity contribution in [3.8, 4) is 0 Å². The lowest BCUT2D eigenvalue weighted by atomic mass is 9.84. The number of amides is 1. The van der Waals surface area contributed by atoms with Crippen LogP contribution in [0.2, 0.25) is 0 Å². The molecule has 1 aromatic heterocycles. The summed E-state index contributed by atoms with van der Waals surface area (Å²) < 4.78 is 13.3. The van der Waals surface area contributed by atoms with Crippen molar-refractivity contribution in [1.82, 2.24) is 10.3 Å². The molecule has 0 saturated carbocycles. The van der Waals surface area contributed by atoms with Gasteiger partial charge in [-0.2, -0.15) is 0 Å². The van der Waals surface area contributed by atoms with E-state index >= 15 is 0 Å². The maximum Gasteiger partial charge on any atom is 0.253 e. The Morgan fingerprint density at radius 3 is 2.74 bits per heavy atom. The molecule has 0 aliphatic carbocycles. The summed E-state index contributed by atoms with van der Waals surface area (Å²) in [6.07, 6.45) is 9.23. The van der Waals surface area contributed by atoms with Gasteiger partial charge in [0.25, 0.3) is 5.91 Å². The molecular formula is C23H29FN2O. The van der Waals surface area contributed by atoms with Crippen molar-refractivity contribution in [3.05, 3.63) is 65.6 Å². The summed E-state index contributed by atoms with van der Waals surface area (Å²) in [6.45, 7) is 10.5. The minimum atomic E-state index is -0.356. The monoisotopic (exact) mass is 368 g/mol. The molecule has 3 nitrogen and oxygen atoms in total. The van der Waals surface area contributed by atoms with E-state index < -0.39 is 0 Å². The van der Waals surface area contributed by atoms with E-state index in [9.17, 15) is 9.18 Å². The van der Waals surface area contributed by atoms with E-state index in [0.29, 0.717) is 17.0 Å². The molecule has 2 aromatic rings. The Morgan fingerprint density at radius 1 is 1.33 bits per heavy atom. The fourth-order valence-corrected chi connectivity index (χ4v) is 3.57. The normalized spacial score (nSPS) is 14.7. The van der Waals surface area contributed by atoms with Crippen molar-refractivity contribution < 1.29 is 9.18 Å². The summed E-state index contributed by atoms with van der Waals surface area (Å²) in [5.41, 5.74) is 1.88. The van der Waals surface area contributed by atoms with Crippen LogP contribution in [0.15, 0.2) is 54.3 Å². The molecule has 1 unspecified atom stereocenters. The first-order chi connectivity index (χ1) is 12.7. The summed E-state index contributed by atoms with van der Waals surface area (Å²) >= 11 is 0. The van der Waals surface area contributed by atoms with E-state index in [1.165, 1.54) is 23.9 Å². The zero-order valence-corrected chi connectivity index (χ0v) is 16.8. The Kier molecular flexibility index (Phi) is 6.89. The Morgan fingerprint density at radius 2 is 2.07 bits per heavy atom. The van der Waals surface area contributed by atoms with Gasteiger partial charge in [0.2, 0.25) is 0 Å². The minimum absolute atomic E-state index is 0.157. The highest BCUT2D eigenvalue weighted by Gasteiger charge is 2.28. The van der Waals surface area contributed by atoms with Crippen LogP contribution in [0.4, 0.5) is 4.39 Å². The quantitative estimate of drug-likeness (QED) is 0.626. The SMILES string of the molecule is C/C=C\C=C(/C)CC(C)(CC(C)C)NC(=O)c1cnc2cc(F)ccc2c1. The first-order valence-electron chi connectivity index (χ1n) is 9.39.